The summed E-state index contributed by atoms with van der Waals surface area (Å²) in [5.41, 5.74) is 10.1. The molecule has 1 spiro atoms. The number of hydrogen-bond donors (Lipinski definition) is 1. The van der Waals surface area contributed by atoms with E-state index < -0.39 is 0 Å². The molecule has 1 N–H and O–H groups in total. The van der Waals surface area contributed by atoms with E-state index in [1.54, 1.807) is 0 Å². The molecular weight excluding hydrogens is 580 g/mol. The van der Waals surface area contributed by atoms with Gasteiger partial charge in [0, 0.05) is 55.0 Å². The Kier molecular flexibility index (Phi) is 5.15. The smallest absolute Gasteiger partial charge is 0.112 e. The van der Waals surface area contributed by atoms with Crippen LogP contribution < -0.4 is 5.32 Å². The van der Waals surface area contributed by atoms with Crippen LogP contribution in [0.15, 0.2) is 36.7 Å². The molecule has 1 saturated heterocycles. The Hall–Kier alpha value is -2.29. The number of nitrogens with one attached hydrogen (secondary N) is 1. The van der Waals surface area contributed by atoms with E-state index in [-0.39, 0.29) is 0 Å². The van der Waals surface area contributed by atoms with Crippen molar-refractivity contribution in [3.63, 3.8) is 0 Å². The summed E-state index contributed by atoms with van der Waals surface area (Å²) in [5, 5.41) is 15.0. The summed E-state index contributed by atoms with van der Waals surface area (Å²) in [6, 6.07) is 8.90. The topological polar surface area (TPSA) is 65.5 Å². The fraction of sp³-hybridized carbons (Fsp3) is 0.370. The number of fused-ring (bicyclic) bond motifs is 2. The summed E-state index contributed by atoms with van der Waals surface area (Å²) in [5.74, 6) is 1.71. The molecule has 7 rings (SSSR count). The lowest BCUT2D eigenvalue weighted by Crippen LogP contribution is -2.59. The van der Waals surface area contributed by atoms with Crippen molar-refractivity contribution in [3.8, 4) is 22.5 Å². The van der Waals surface area contributed by atoms with Crippen molar-refractivity contribution < 1.29 is 0 Å². The molecular formula is C27H29IN7P. The molecule has 2 aliphatic rings. The minimum Gasteiger partial charge on any atom is -0.330 e. The van der Waals surface area contributed by atoms with Crippen LogP contribution in [0.5, 0.6) is 0 Å². The standard InChI is InChI=1S/C27H29IN7P/c1-15-7-22-20(12-31-35(22)36-28)23(16(15)2)25-24(17-5-6-21-18(8-17)11-30-34(21)4)32-26(33(25)3)19-9-27(10-19)13-29-14-27/h5-8,11-12,19,29,36H,9-10,13-14H2,1-4H3. The van der Waals surface area contributed by atoms with Gasteiger partial charge in [0.15, 0.2) is 0 Å². The van der Waals surface area contributed by atoms with Crippen molar-refractivity contribution in [3.05, 3.63) is 53.6 Å². The average molecular weight is 609 g/mol. The molecule has 3 aromatic heterocycles. The molecule has 184 valence electrons. The van der Waals surface area contributed by atoms with Gasteiger partial charge in [0.25, 0.3) is 0 Å². The number of aryl methyl sites for hydroxylation is 2. The lowest BCUT2D eigenvalue weighted by Gasteiger charge is -2.54. The molecule has 1 unspecified atom stereocenters. The zero-order chi connectivity index (χ0) is 24.8. The van der Waals surface area contributed by atoms with Crippen molar-refractivity contribution >= 4 is 50.2 Å². The van der Waals surface area contributed by atoms with E-state index in [2.05, 4.69) is 86.6 Å². The van der Waals surface area contributed by atoms with Gasteiger partial charge < -0.3 is 9.88 Å². The highest BCUT2D eigenvalue weighted by molar-refractivity contribution is 14.2. The third kappa shape index (κ3) is 3.20. The van der Waals surface area contributed by atoms with Gasteiger partial charge in [0.05, 0.1) is 41.2 Å². The molecule has 0 amide bonds. The van der Waals surface area contributed by atoms with E-state index in [0.29, 0.717) is 17.7 Å². The highest BCUT2D eigenvalue weighted by Gasteiger charge is 2.50. The van der Waals surface area contributed by atoms with E-state index >= 15 is 0 Å². The average Bonchev–Trinajstić information content (AvgIpc) is 3.49. The van der Waals surface area contributed by atoms with Gasteiger partial charge >= 0.3 is 0 Å². The summed E-state index contributed by atoms with van der Waals surface area (Å²) in [4.78, 5) is 5.41. The molecule has 9 heteroatoms. The second-order valence-electron chi connectivity index (χ2n) is 10.7. The largest absolute Gasteiger partial charge is 0.330 e. The lowest BCUT2D eigenvalue weighted by atomic mass is 9.58. The van der Waals surface area contributed by atoms with Gasteiger partial charge in [0.1, 0.15) is 5.82 Å². The summed E-state index contributed by atoms with van der Waals surface area (Å²) in [7, 11) is 4.21. The second kappa shape index (κ2) is 8.10. The molecule has 5 aromatic rings. The third-order valence-corrected chi connectivity index (χ3v) is 10.5. The summed E-state index contributed by atoms with van der Waals surface area (Å²) in [6.45, 7) is 6.76. The number of rotatable bonds is 4. The first kappa shape index (κ1) is 22.9. The maximum absolute atomic E-state index is 5.41. The van der Waals surface area contributed by atoms with Gasteiger partial charge in [-0.25, -0.2) is 9.44 Å². The van der Waals surface area contributed by atoms with Gasteiger partial charge in [-0.05, 0) is 83.5 Å². The number of imidazole rings is 1. The van der Waals surface area contributed by atoms with Crippen LogP contribution in [-0.2, 0) is 14.1 Å². The first-order valence-corrected chi connectivity index (χ1v) is 16.5. The summed E-state index contributed by atoms with van der Waals surface area (Å²) < 4.78 is 6.43. The van der Waals surface area contributed by atoms with Crippen LogP contribution >= 0.6 is 28.4 Å². The van der Waals surface area contributed by atoms with Crippen LogP contribution in [0.4, 0.5) is 0 Å². The zero-order valence-corrected chi connectivity index (χ0v) is 24.1. The zero-order valence-electron chi connectivity index (χ0n) is 20.9. The molecule has 1 aliphatic carbocycles. The first-order chi connectivity index (χ1) is 17.4. The number of nitrogens with zero attached hydrogens (tertiary/aromatic N) is 6. The molecule has 36 heavy (non-hydrogen) atoms. The van der Waals surface area contributed by atoms with Gasteiger partial charge in [-0.2, -0.15) is 10.2 Å². The molecule has 1 aliphatic heterocycles. The fourth-order valence-corrected chi connectivity index (χ4v) is 7.92. The van der Waals surface area contributed by atoms with E-state index in [4.69, 9.17) is 10.1 Å². The Morgan fingerprint density at radius 3 is 2.58 bits per heavy atom. The van der Waals surface area contributed by atoms with Crippen LogP contribution in [-0.4, -0.2) is 42.0 Å². The van der Waals surface area contributed by atoms with Crippen molar-refractivity contribution in [1.29, 1.82) is 0 Å². The highest BCUT2D eigenvalue weighted by atomic mass is 127. The molecule has 4 heterocycles. The Bertz CT molecular complexity index is 1660. The van der Waals surface area contributed by atoms with E-state index in [1.807, 2.05) is 24.1 Å². The molecule has 2 aromatic carbocycles. The second-order valence-corrected chi connectivity index (χ2v) is 12.8. The van der Waals surface area contributed by atoms with Gasteiger partial charge in [-0.3, -0.25) is 4.68 Å². The molecule has 0 radical (unpaired) electrons. The van der Waals surface area contributed by atoms with Crippen LogP contribution in [0.2, 0.25) is 0 Å². The molecule has 2 fully saturated rings. The minimum absolute atomic E-state index is 0.500. The van der Waals surface area contributed by atoms with Crippen molar-refractivity contribution in [2.45, 2.75) is 32.6 Å². The SMILES string of the molecule is Cc1cc2c(cnn2PI)c(-c2c(-c3ccc4c(cnn4C)c3)nc(C3CC4(CNC4)C3)n2C)c1C. The molecule has 1 atom stereocenters. The highest BCUT2D eigenvalue weighted by Crippen LogP contribution is 2.54. The van der Waals surface area contributed by atoms with Crippen molar-refractivity contribution in [2.24, 2.45) is 19.5 Å². The normalized spacial score (nSPS) is 17.6. The Labute approximate surface area is 225 Å². The summed E-state index contributed by atoms with van der Waals surface area (Å²) in [6.07, 6.45) is 7.00. The molecule has 0 bridgehead atoms. The van der Waals surface area contributed by atoms with Crippen molar-refractivity contribution in [2.75, 3.05) is 13.1 Å². The Morgan fingerprint density at radius 2 is 1.86 bits per heavy atom. The quantitative estimate of drug-likeness (QED) is 0.205. The van der Waals surface area contributed by atoms with Crippen LogP contribution in [0.25, 0.3) is 44.3 Å². The van der Waals surface area contributed by atoms with Crippen LogP contribution in [0.1, 0.15) is 35.7 Å². The number of benzene rings is 2. The van der Waals surface area contributed by atoms with Crippen LogP contribution in [0, 0.1) is 19.3 Å². The number of hydrogen-bond acceptors (Lipinski definition) is 4. The maximum atomic E-state index is 5.41. The lowest BCUT2D eigenvalue weighted by molar-refractivity contribution is 0.0321. The predicted octanol–water partition coefficient (Wildman–Crippen LogP) is 5.87. The number of aromatic nitrogens is 6. The first-order valence-electron chi connectivity index (χ1n) is 12.4. The Morgan fingerprint density at radius 1 is 1.06 bits per heavy atom. The van der Waals surface area contributed by atoms with Gasteiger partial charge in [0.2, 0.25) is 0 Å². The number of halogens is 1. The van der Waals surface area contributed by atoms with Crippen molar-refractivity contribution in [1.82, 2.24) is 34.2 Å². The molecule has 7 nitrogen and oxygen atoms in total. The predicted molar refractivity (Wildman–Crippen MR) is 156 cm³/mol. The maximum Gasteiger partial charge on any atom is 0.112 e. The van der Waals surface area contributed by atoms with Gasteiger partial charge in [-0.1, -0.05) is 6.07 Å². The van der Waals surface area contributed by atoms with E-state index in [0.717, 1.165) is 35.2 Å². The van der Waals surface area contributed by atoms with Crippen LogP contribution in [0.3, 0.4) is 0 Å². The fourth-order valence-electron chi connectivity index (χ4n) is 6.39. The van der Waals surface area contributed by atoms with E-state index in [1.165, 1.54) is 52.0 Å². The molecule has 1 saturated carbocycles. The van der Waals surface area contributed by atoms with E-state index in [9.17, 15) is 0 Å². The monoisotopic (exact) mass is 609 g/mol. The third-order valence-electron chi connectivity index (χ3n) is 8.59. The van der Waals surface area contributed by atoms with Gasteiger partial charge in [-0.15, -0.1) is 0 Å². The Balaban J connectivity index is 1.48. The minimum atomic E-state index is 0.500. The summed E-state index contributed by atoms with van der Waals surface area (Å²) >= 11 is 2.41.